The van der Waals surface area contributed by atoms with Crippen LogP contribution >= 0.6 is 0 Å². The van der Waals surface area contributed by atoms with Crippen LogP contribution in [0.25, 0.3) is 10.8 Å². The molecule has 3 nitrogen and oxygen atoms in total. The highest BCUT2D eigenvalue weighted by Gasteiger charge is 2.21. The number of nitrogens with one attached hydrogen (secondary N) is 1. The maximum Gasteiger partial charge on any atom is 0.333 e. The topological polar surface area (TPSA) is 38.3 Å². The molecule has 0 aliphatic carbocycles. The predicted octanol–water partition coefficient (Wildman–Crippen LogP) is 4.56. The van der Waals surface area contributed by atoms with Gasteiger partial charge < -0.3 is 10.1 Å². The van der Waals surface area contributed by atoms with Crippen molar-refractivity contribution in [2.24, 2.45) is 0 Å². The fourth-order valence-corrected chi connectivity index (χ4v) is 2.60. The maximum atomic E-state index is 12.3. The predicted molar refractivity (Wildman–Crippen MR) is 93.4 cm³/mol. The number of ether oxygens (including phenoxy) is 1. The molecule has 3 aromatic carbocycles. The second-order valence-electron chi connectivity index (χ2n) is 5.30. The molecule has 3 aromatic rings. The van der Waals surface area contributed by atoms with E-state index in [-0.39, 0.29) is 5.97 Å². The second kappa shape index (κ2) is 6.97. The molecular weight excluding hydrogens is 286 g/mol. The summed E-state index contributed by atoms with van der Waals surface area (Å²) in [5, 5.41) is 5.60. The molecule has 0 radical (unpaired) electrons. The highest BCUT2D eigenvalue weighted by Crippen LogP contribution is 2.24. The Bertz CT molecular complexity index is 799. The normalized spacial score (nSPS) is 11.9. The Labute approximate surface area is 135 Å². The number of rotatable bonds is 5. The van der Waals surface area contributed by atoms with Gasteiger partial charge >= 0.3 is 5.97 Å². The SMILES string of the molecule is CCOC(=O)[C@H](Nc1ccc2ccccc2c1)c1ccccc1. The number of carbonyl (C=O) groups excluding carboxylic acids is 1. The zero-order chi connectivity index (χ0) is 16.1. The summed E-state index contributed by atoms with van der Waals surface area (Å²) < 4.78 is 5.22. The minimum absolute atomic E-state index is 0.271. The van der Waals surface area contributed by atoms with Crippen LogP contribution in [0.4, 0.5) is 5.69 Å². The van der Waals surface area contributed by atoms with Crippen molar-refractivity contribution in [1.29, 1.82) is 0 Å². The summed E-state index contributed by atoms with van der Waals surface area (Å²) in [6, 6.07) is 23.3. The van der Waals surface area contributed by atoms with Crippen LogP contribution in [0.15, 0.2) is 72.8 Å². The lowest BCUT2D eigenvalue weighted by molar-refractivity contribution is -0.144. The first-order valence-corrected chi connectivity index (χ1v) is 7.75. The Hall–Kier alpha value is -2.81. The van der Waals surface area contributed by atoms with Gasteiger partial charge in [0.15, 0.2) is 6.04 Å². The fraction of sp³-hybridized carbons (Fsp3) is 0.150. The summed E-state index contributed by atoms with van der Waals surface area (Å²) in [5.74, 6) is -0.271. The van der Waals surface area contributed by atoms with E-state index >= 15 is 0 Å². The zero-order valence-corrected chi connectivity index (χ0v) is 13.0. The smallest absolute Gasteiger partial charge is 0.333 e. The molecule has 0 aliphatic rings. The van der Waals surface area contributed by atoms with E-state index in [1.807, 2.05) is 67.6 Å². The molecule has 1 atom stereocenters. The Balaban J connectivity index is 1.91. The van der Waals surface area contributed by atoms with E-state index < -0.39 is 6.04 Å². The highest BCUT2D eigenvalue weighted by molar-refractivity contribution is 5.87. The maximum absolute atomic E-state index is 12.3. The number of hydrogen-bond donors (Lipinski definition) is 1. The van der Waals surface area contributed by atoms with Crippen molar-refractivity contribution in [3.8, 4) is 0 Å². The van der Waals surface area contributed by atoms with Gasteiger partial charge in [-0.05, 0) is 35.4 Å². The number of carbonyl (C=O) groups is 1. The molecule has 0 amide bonds. The van der Waals surface area contributed by atoms with Crippen LogP contribution in [-0.2, 0) is 9.53 Å². The van der Waals surface area contributed by atoms with Crippen molar-refractivity contribution in [2.75, 3.05) is 11.9 Å². The Morgan fingerprint density at radius 1 is 0.957 bits per heavy atom. The molecule has 0 heterocycles. The van der Waals surface area contributed by atoms with E-state index in [0.29, 0.717) is 6.61 Å². The molecule has 1 N–H and O–H groups in total. The van der Waals surface area contributed by atoms with Crippen LogP contribution in [0.1, 0.15) is 18.5 Å². The van der Waals surface area contributed by atoms with Gasteiger partial charge in [-0.1, -0.05) is 60.7 Å². The summed E-state index contributed by atoms with van der Waals surface area (Å²) in [4.78, 5) is 12.3. The molecule has 0 aliphatic heterocycles. The van der Waals surface area contributed by atoms with Crippen molar-refractivity contribution in [2.45, 2.75) is 13.0 Å². The van der Waals surface area contributed by atoms with Crippen molar-refractivity contribution in [3.05, 3.63) is 78.4 Å². The molecular formula is C20H19NO2. The lowest BCUT2D eigenvalue weighted by atomic mass is 10.1. The van der Waals surface area contributed by atoms with Gasteiger partial charge in [-0.2, -0.15) is 0 Å². The van der Waals surface area contributed by atoms with Crippen LogP contribution in [-0.4, -0.2) is 12.6 Å². The van der Waals surface area contributed by atoms with Crippen molar-refractivity contribution >= 4 is 22.4 Å². The van der Waals surface area contributed by atoms with E-state index in [1.54, 1.807) is 0 Å². The van der Waals surface area contributed by atoms with E-state index in [0.717, 1.165) is 16.6 Å². The summed E-state index contributed by atoms with van der Waals surface area (Å²) in [7, 11) is 0. The third kappa shape index (κ3) is 3.51. The summed E-state index contributed by atoms with van der Waals surface area (Å²) in [6.45, 7) is 2.18. The summed E-state index contributed by atoms with van der Waals surface area (Å²) >= 11 is 0. The molecule has 0 unspecified atom stereocenters. The first-order chi connectivity index (χ1) is 11.3. The number of anilines is 1. The molecule has 0 spiro atoms. The minimum Gasteiger partial charge on any atom is -0.464 e. The van der Waals surface area contributed by atoms with Gasteiger partial charge in [0, 0.05) is 5.69 Å². The Morgan fingerprint density at radius 2 is 1.65 bits per heavy atom. The van der Waals surface area contributed by atoms with E-state index in [9.17, 15) is 4.79 Å². The lowest BCUT2D eigenvalue weighted by Crippen LogP contribution is -2.23. The van der Waals surface area contributed by atoms with Crippen LogP contribution in [0.5, 0.6) is 0 Å². The molecule has 3 heteroatoms. The largest absolute Gasteiger partial charge is 0.464 e. The fourth-order valence-electron chi connectivity index (χ4n) is 2.60. The molecule has 0 saturated carbocycles. The van der Waals surface area contributed by atoms with Gasteiger partial charge in [-0.15, -0.1) is 0 Å². The first kappa shape index (κ1) is 15.1. The second-order valence-corrected chi connectivity index (χ2v) is 5.30. The van der Waals surface area contributed by atoms with Crippen LogP contribution in [0.2, 0.25) is 0 Å². The lowest BCUT2D eigenvalue weighted by Gasteiger charge is -2.19. The summed E-state index contributed by atoms with van der Waals surface area (Å²) in [5.41, 5.74) is 1.78. The third-order valence-corrected chi connectivity index (χ3v) is 3.72. The molecule has 3 rings (SSSR count). The molecule has 0 bridgehead atoms. The average molecular weight is 305 g/mol. The number of hydrogen-bond acceptors (Lipinski definition) is 3. The number of fused-ring (bicyclic) bond motifs is 1. The third-order valence-electron chi connectivity index (χ3n) is 3.72. The highest BCUT2D eigenvalue weighted by atomic mass is 16.5. The van der Waals surface area contributed by atoms with E-state index in [1.165, 1.54) is 5.39 Å². The van der Waals surface area contributed by atoms with Gasteiger partial charge in [0.25, 0.3) is 0 Å². The first-order valence-electron chi connectivity index (χ1n) is 7.75. The molecule has 0 saturated heterocycles. The zero-order valence-electron chi connectivity index (χ0n) is 13.0. The van der Waals surface area contributed by atoms with Gasteiger partial charge in [0.2, 0.25) is 0 Å². The molecule has 116 valence electrons. The number of esters is 1. The van der Waals surface area contributed by atoms with Gasteiger partial charge in [0.05, 0.1) is 6.61 Å². The number of benzene rings is 3. The summed E-state index contributed by atoms with van der Waals surface area (Å²) in [6.07, 6.45) is 0. The van der Waals surface area contributed by atoms with Crippen LogP contribution < -0.4 is 5.32 Å². The molecule has 23 heavy (non-hydrogen) atoms. The molecule has 0 fully saturated rings. The van der Waals surface area contributed by atoms with E-state index in [2.05, 4.69) is 17.4 Å². The average Bonchev–Trinajstić information content (AvgIpc) is 2.60. The standard InChI is InChI=1S/C20H19NO2/c1-2-23-20(22)19(16-9-4-3-5-10-16)21-18-13-12-15-8-6-7-11-17(15)14-18/h3-14,19,21H,2H2,1H3/t19-/m1/s1. The Morgan fingerprint density at radius 3 is 2.39 bits per heavy atom. The van der Waals surface area contributed by atoms with Gasteiger partial charge in [-0.25, -0.2) is 4.79 Å². The molecule has 0 aromatic heterocycles. The van der Waals surface area contributed by atoms with Gasteiger partial charge in [0.1, 0.15) is 0 Å². The quantitative estimate of drug-likeness (QED) is 0.702. The Kier molecular flexibility index (Phi) is 4.57. The van der Waals surface area contributed by atoms with Crippen molar-refractivity contribution < 1.29 is 9.53 Å². The van der Waals surface area contributed by atoms with Crippen molar-refractivity contribution in [3.63, 3.8) is 0 Å². The minimum atomic E-state index is -0.516. The van der Waals surface area contributed by atoms with Crippen molar-refractivity contribution in [1.82, 2.24) is 0 Å². The monoisotopic (exact) mass is 305 g/mol. The van der Waals surface area contributed by atoms with Crippen LogP contribution in [0.3, 0.4) is 0 Å². The van der Waals surface area contributed by atoms with Gasteiger partial charge in [-0.3, -0.25) is 0 Å². The van der Waals surface area contributed by atoms with Crippen LogP contribution in [0, 0.1) is 0 Å². The van der Waals surface area contributed by atoms with E-state index in [4.69, 9.17) is 4.74 Å².